The van der Waals surface area contributed by atoms with Gasteiger partial charge in [0, 0.05) is 30.7 Å². The third-order valence-corrected chi connectivity index (χ3v) is 4.19. The molecule has 1 aliphatic heterocycles. The molecule has 1 aromatic rings. The molecule has 0 amide bonds. The zero-order valence-electron chi connectivity index (χ0n) is 10.1. The summed E-state index contributed by atoms with van der Waals surface area (Å²) in [5.74, 6) is 3.02. The molecule has 16 heavy (non-hydrogen) atoms. The number of hydrogen-bond acceptors (Lipinski definition) is 3. The molecule has 1 N–H and O–H groups in total. The lowest BCUT2D eigenvalue weighted by Crippen LogP contribution is -2.17. The summed E-state index contributed by atoms with van der Waals surface area (Å²) in [5, 5.41) is 4.25. The lowest BCUT2D eigenvalue weighted by molar-refractivity contribution is 0.526. The first kappa shape index (κ1) is 11.8. The number of rotatable bonds is 5. The summed E-state index contributed by atoms with van der Waals surface area (Å²) in [6, 6.07) is 0. The van der Waals surface area contributed by atoms with Crippen LogP contribution in [0.2, 0.25) is 0 Å². The minimum Gasteiger partial charge on any atom is -0.355 e. The van der Waals surface area contributed by atoms with Crippen LogP contribution in [0.15, 0.2) is 12.4 Å². The minimum absolute atomic E-state index is 0.663. The van der Waals surface area contributed by atoms with Gasteiger partial charge in [0.25, 0.3) is 0 Å². The molecular weight excluding hydrogens is 218 g/mol. The van der Waals surface area contributed by atoms with Gasteiger partial charge in [0.05, 0.1) is 0 Å². The van der Waals surface area contributed by atoms with Crippen LogP contribution in [0.25, 0.3) is 0 Å². The maximum Gasteiger partial charge on any atom is 0.202 e. The monoisotopic (exact) mass is 239 g/mol. The van der Waals surface area contributed by atoms with Crippen molar-refractivity contribution in [1.82, 2.24) is 9.55 Å². The Morgan fingerprint density at radius 1 is 1.62 bits per heavy atom. The molecule has 1 aromatic heterocycles. The summed E-state index contributed by atoms with van der Waals surface area (Å²) < 4.78 is 2.21. The molecule has 90 valence electrons. The quantitative estimate of drug-likeness (QED) is 0.857. The first-order chi connectivity index (χ1) is 7.75. The highest BCUT2D eigenvalue weighted by molar-refractivity contribution is 8.00. The van der Waals surface area contributed by atoms with Gasteiger partial charge in [-0.25, -0.2) is 4.98 Å². The summed E-state index contributed by atoms with van der Waals surface area (Å²) in [4.78, 5) is 4.37. The average molecular weight is 239 g/mol. The second kappa shape index (κ2) is 5.62. The fourth-order valence-electron chi connectivity index (χ4n) is 2.03. The van der Waals surface area contributed by atoms with Crippen LogP contribution in [0.1, 0.15) is 26.7 Å². The SMILES string of the molecule is CC(C)Cn1ccnc1NCC1CCCS1. The molecule has 2 rings (SSSR count). The fraction of sp³-hybridized carbons (Fsp3) is 0.750. The zero-order chi connectivity index (χ0) is 11.4. The Hall–Kier alpha value is -0.640. The van der Waals surface area contributed by atoms with E-state index in [4.69, 9.17) is 0 Å². The van der Waals surface area contributed by atoms with Gasteiger partial charge in [0.15, 0.2) is 0 Å². The smallest absolute Gasteiger partial charge is 0.202 e. The highest BCUT2D eigenvalue weighted by Gasteiger charge is 2.15. The van der Waals surface area contributed by atoms with Crippen molar-refractivity contribution in [3.63, 3.8) is 0 Å². The molecule has 0 radical (unpaired) electrons. The van der Waals surface area contributed by atoms with Gasteiger partial charge in [-0.15, -0.1) is 0 Å². The largest absolute Gasteiger partial charge is 0.355 e. The Kier molecular flexibility index (Phi) is 4.16. The average Bonchev–Trinajstić information content (AvgIpc) is 2.84. The van der Waals surface area contributed by atoms with Gasteiger partial charge in [0.2, 0.25) is 5.95 Å². The number of nitrogens with one attached hydrogen (secondary N) is 1. The number of nitrogens with zero attached hydrogens (tertiary/aromatic N) is 2. The van der Waals surface area contributed by atoms with Gasteiger partial charge < -0.3 is 9.88 Å². The van der Waals surface area contributed by atoms with Crippen LogP contribution >= 0.6 is 11.8 Å². The third kappa shape index (κ3) is 3.17. The normalized spacial score (nSPS) is 20.6. The van der Waals surface area contributed by atoms with E-state index in [0.717, 1.165) is 24.3 Å². The van der Waals surface area contributed by atoms with Gasteiger partial charge in [0.1, 0.15) is 0 Å². The molecule has 3 nitrogen and oxygen atoms in total. The molecule has 2 heterocycles. The standard InChI is InChI=1S/C12H21N3S/c1-10(2)9-15-6-5-13-12(15)14-8-11-4-3-7-16-11/h5-6,10-11H,3-4,7-9H2,1-2H3,(H,13,14). The van der Waals surface area contributed by atoms with Gasteiger partial charge in [-0.2, -0.15) is 11.8 Å². The molecule has 0 saturated carbocycles. The number of anilines is 1. The molecule has 1 unspecified atom stereocenters. The van der Waals surface area contributed by atoms with Crippen molar-refractivity contribution in [3.8, 4) is 0 Å². The van der Waals surface area contributed by atoms with Crippen molar-refractivity contribution >= 4 is 17.7 Å². The molecule has 4 heteroatoms. The summed E-state index contributed by atoms with van der Waals surface area (Å²) in [6.07, 6.45) is 6.66. The summed E-state index contributed by atoms with van der Waals surface area (Å²) in [6.45, 7) is 6.56. The number of thioether (sulfide) groups is 1. The van der Waals surface area contributed by atoms with Crippen molar-refractivity contribution in [3.05, 3.63) is 12.4 Å². The minimum atomic E-state index is 0.663. The van der Waals surface area contributed by atoms with Crippen molar-refractivity contribution in [1.29, 1.82) is 0 Å². The van der Waals surface area contributed by atoms with E-state index >= 15 is 0 Å². The predicted molar refractivity (Wildman–Crippen MR) is 71.0 cm³/mol. The van der Waals surface area contributed by atoms with Gasteiger partial charge in [-0.1, -0.05) is 13.8 Å². The van der Waals surface area contributed by atoms with Crippen molar-refractivity contribution < 1.29 is 0 Å². The van der Waals surface area contributed by atoms with E-state index in [9.17, 15) is 0 Å². The molecule has 1 aliphatic rings. The van der Waals surface area contributed by atoms with Gasteiger partial charge >= 0.3 is 0 Å². The summed E-state index contributed by atoms with van der Waals surface area (Å²) >= 11 is 2.08. The molecular formula is C12H21N3S. The van der Waals surface area contributed by atoms with E-state index < -0.39 is 0 Å². The van der Waals surface area contributed by atoms with Crippen molar-refractivity contribution in [2.45, 2.75) is 38.5 Å². The fourth-order valence-corrected chi connectivity index (χ4v) is 3.23. The molecule has 1 fully saturated rings. The Bertz CT molecular complexity index is 316. The van der Waals surface area contributed by atoms with Crippen LogP contribution in [-0.4, -0.2) is 27.1 Å². The van der Waals surface area contributed by atoms with Crippen molar-refractivity contribution in [2.75, 3.05) is 17.6 Å². The number of aromatic nitrogens is 2. The molecule has 0 aromatic carbocycles. The Morgan fingerprint density at radius 2 is 2.50 bits per heavy atom. The first-order valence-electron chi connectivity index (χ1n) is 6.12. The summed E-state index contributed by atoms with van der Waals surface area (Å²) in [7, 11) is 0. The number of hydrogen-bond donors (Lipinski definition) is 1. The maximum atomic E-state index is 4.37. The molecule has 1 saturated heterocycles. The second-order valence-electron chi connectivity index (χ2n) is 4.81. The maximum absolute atomic E-state index is 4.37. The molecule has 0 spiro atoms. The highest BCUT2D eigenvalue weighted by Crippen LogP contribution is 2.26. The Balaban J connectivity index is 1.85. The first-order valence-corrected chi connectivity index (χ1v) is 7.17. The number of imidazole rings is 1. The second-order valence-corrected chi connectivity index (χ2v) is 6.22. The third-order valence-electron chi connectivity index (χ3n) is 2.79. The van der Waals surface area contributed by atoms with Crippen LogP contribution in [0.3, 0.4) is 0 Å². The van der Waals surface area contributed by atoms with E-state index in [1.807, 2.05) is 6.20 Å². The Morgan fingerprint density at radius 3 is 3.19 bits per heavy atom. The van der Waals surface area contributed by atoms with E-state index in [1.54, 1.807) is 0 Å². The predicted octanol–water partition coefficient (Wildman–Crippen LogP) is 2.85. The van der Waals surface area contributed by atoms with Crippen LogP contribution in [0.4, 0.5) is 5.95 Å². The van der Waals surface area contributed by atoms with Gasteiger partial charge in [-0.3, -0.25) is 0 Å². The zero-order valence-corrected chi connectivity index (χ0v) is 11.0. The molecule has 1 atom stereocenters. The van der Waals surface area contributed by atoms with E-state index in [1.165, 1.54) is 18.6 Å². The van der Waals surface area contributed by atoms with E-state index in [-0.39, 0.29) is 0 Å². The van der Waals surface area contributed by atoms with E-state index in [0.29, 0.717) is 5.92 Å². The molecule has 0 aliphatic carbocycles. The topological polar surface area (TPSA) is 29.9 Å². The van der Waals surface area contributed by atoms with Crippen LogP contribution in [-0.2, 0) is 6.54 Å². The lowest BCUT2D eigenvalue weighted by atomic mass is 10.2. The van der Waals surface area contributed by atoms with Crippen molar-refractivity contribution in [2.24, 2.45) is 5.92 Å². The van der Waals surface area contributed by atoms with Crippen LogP contribution in [0.5, 0.6) is 0 Å². The highest BCUT2D eigenvalue weighted by atomic mass is 32.2. The van der Waals surface area contributed by atoms with Crippen LogP contribution in [0, 0.1) is 5.92 Å². The lowest BCUT2D eigenvalue weighted by Gasteiger charge is -2.14. The molecule has 0 bridgehead atoms. The summed E-state index contributed by atoms with van der Waals surface area (Å²) in [5.41, 5.74) is 0. The van der Waals surface area contributed by atoms with Gasteiger partial charge in [-0.05, 0) is 24.5 Å². The Labute approximate surface area is 102 Å². The van der Waals surface area contributed by atoms with Crippen LogP contribution < -0.4 is 5.32 Å². The van der Waals surface area contributed by atoms with E-state index in [2.05, 4.69) is 46.7 Å².